The van der Waals surface area contributed by atoms with Gasteiger partial charge in [-0.2, -0.15) is 0 Å². The largest absolute Gasteiger partial charge is 0.456 e. The van der Waals surface area contributed by atoms with Gasteiger partial charge in [-0.1, -0.05) is 30.3 Å². The maximum atomic E-state index is 5.71. The number of hydrogen-bond donors (Lipinski definition) is 0. The first-order chi connectivity index (χ1) is 7.42. The van der Waals surface area contributed by atoms with E-state index in [9.17, 15) is 0 Å². The fourth-order valence-corrected chi connectivity index (χ4v) is 2.09. The number of ether oxygens (including phenoxy) is 1. The smallest absolute Gasteiger partial charge is 0.135 e. The van der Waals surface area contributed by atoms with Crippen molar-refractivity contribution >= 4 is 16.8 Å². The topological polar surface area (TPSA) is 9.23 Å². The Morgan fingerprint density at radius 1 is 0.867 bits per heavy atom. The SMILES string of the molecule is C1=C2C=C2Oc2ccc3ccccc3c21. The molecule has 4 rings (SSSR count). The molecule has 1 aliphatic heterocycles. The number of benzene rings is 2. The lowest BCUT2D eigenvalue weighted by Crippen LogP contribution is -1.94. The van der Waals surface area contributed by atoms with Crippen molar-refractivity contribution in [3.05, 3.63) is 59.4 Å². The van der Waals surface area contributed by atoms with E-state index in [2.05, 4.69) is 42.5 Å². The quantitative estimate of drug-likeness (QED) is 0.620. The van der Waals surface area contributed by atoms with Gasteiger partial charge in [0.1, 0.15) is 11.5 Å². The van der Waals surface area contributed by atoms with Gasteiger partial charge in [-0.3, -0.25) is 0 Å². The van der Waals surface area contributed by atoms with Gasteiger partial charge in [0.2, 0.25) is 0 Å². The number of allylic oxidation sites excluding steroid dienone is 2. The molecule has 0 aromatic heterocycles. The zero-order valence-electron chi connectivity index (χ0n) is 8.03. The first-order valence-corrected chi connectivity index (χ1v) is 5.05. The first kappa shape index (κ1) is 7.30. The molecule has 2 aromatic carbocycles. The van der Waals surface area contributed by atoms with E-state index in [-0.39, 0.29) is 0 Å². The van der Waals surface area contributed by atoms with Gasteiger partial charge >= 0.3 is 0 Å². The summed E-state index contributed by atoms with van der Waals surface area (Å²) in [7, 11) is 0. The highest BCUT2D eigenvalue weighted by molar-refractivity contribution is 5.96. The molecular weight excluding hydrogens is 184 g/mol. The molecule has 0 saturated heterocycles. The highest BCUT2D eigenvalue weighted by Gasteiger charge is 2.25. The van der Waals surface area contributed by atoms with Crippen LogP contribution in [0.5, 0.6) is 5.75 Å². The Bertz CT molecular complexity index is 647. The zero-order chi connectivity index (χ0) is 9.83. The maximum absolute atomic E-state index is 5.71. The van der Waals surface area contributed by atoms with Crippen LogP contribution in [0.15, 0.2) is 53.8 Å². The summed E-state index contributed by atoms with van der Waals surface area (Å²) in [4.78, 5) is 0. The fraction of sp³-hybridized carbons (Fsp3) is 0. The summed E-state index contributed by atoms with van der Waals surface area (Å²) in [5.74, 6) is 2.00. The molecule has 0 spiro atoms. The Morgan fingerprint density at radius 2 is 1.80 bits per heavy atom. The second-order valence-electron chi connectivity index (χ2n) is 3.91. The van der Waals surface area contributed by atoms with Gasteiger partial charge in [-0.15, -0.1) is 0 Å². The molecule has 0 saturated carbocycles. The van der Waals surface area contributed by atoms with E-state index in [0.717, 1.165) is 11.5 Å². The Labute approximate surface area is 87.3 Å². The van der Waals surface area contributed by atoms with Crippen LogP contribution in [0, 0.1) is 0 Å². The van der Waals surface area contributed by atoms with Crippen LogP contribution < -0.4 is 4.74 Å². The summed E-state index contributed by atoms with van der Waals surface area (Å²) < 4.78 is 5.71. The fourth-order valence-electron chi connectivity index (χ4n) is 2.09. The van der Waals surface area contributed by atoms with Crippen molar-refractivity contribution in [3.8, 4) is 5.75 Å². The normalized spacial score (nSPS) is 16.0. The van der Waals surface area contributed by atoms with Crippen molar-refractivity contribution in [2.24, 2.45) is 0 Å². The Morgan fingerprint density at radius 3 is 2.80 bits per heavy atom. The van der Waals surface area contributed by atoms with E-state index < -0.39 is 0 Å². The van der Waals surface area contributed by atoms with Gasteiger partial charge in [0, 0.05) is 11.1 Å². The van der Waals surface area contributed by atoms with Gasteiger partial charge < -0.3 is 4.74 Å². The van der Waals surface area contributed by atoms with Crippen molar-refractivity contribution in [3.63, 3.8) is 0 Å². The van der Waals surface area contributed by atoms with E-state index in [4.69, 9.17) is 4.74 Å². The van der Waals surface area contributed by atoms with E-state index in [1.54, 1.807) is 0 Å². The van der Waals surface area contributed by atoms with Gasteiger partial charge in [0.25, 0.3) is 0 Å². The summed E-state index contributed by atoms with van der Waals surface area (Å²) in [5.41, 5.74) is 2.44. The van der Waals surface area contributed by atoms with Crippen molar-refractivity contribution in [1.29, 1.82) is 0 Å². The Kier molecular flexibility index (Phi) is 1.13. The third kappa shape index (κ3) is 0.922. The minimum atomic E-state index is 0.973. The van der Waals surface area contributed by atoms with Crippen LogP contribution in [0.2, 0.25) is 0 Å². The van der Waals surface area contributed by atoms with Crippen LogP contribution in [0.4, 0.5) is 0 Å². The molecule has 2 aromatic rings. The molecule has 70 valence electrons. The number of hydrogen-bond acceptors (Lipinski definition) is 1. The molecule has 2 aliphatic rings. The molecular formula is C14H8O. The van der Waals surface area contributed by atoms with E-state index in [1.165, 1.54) is 21.9 Å². The van der Waals surface area contributed by atoms with Crippen LogP contribution >= 0.6 is 0 Å². The minimum absolute atomic E-state index is 0.973. The summed E-state index contributed by atoms with van der Waals surface area (Å²) in [6, 6.07) is 12.6. The molecule has 0 bridgehead atoms. The van der Waals surface area contributed by atoms with E-state index in [1.807, 2.05) is 6.07 Å². The van der Waals surface area contributed by atoms with Crippen molar-refractivity contribution in [2.45, 2.75) is 0 Å². The molecule has 15 heavy (non-hydrogen) atoms. The Hall–Kier alpha value is -2.02. The van der Waals surface area contributed by atoms with Gasteiger partial charge in [0.15, 0.2) is 0 Å². The molecule has 0 amide bonds. The Balaban J connectivity index is 2.14. The average Bonchev–Trinajstić information content (AvgIpc) is 3.04. The molecule has 1 aliphatic carbocycles. The number of fused-ring (bicyclic) bond motifs is 4. The van der Waals surface area contributed by atoms with Crippen LogP contribution in [0.3, 0.4) is 0 Å². The van der Waals surface area contributed by atoms with Crippen LogP contribution in [-0.4, -0.2) is 0 Å². The first-order valence-electron chi connectivity index (χ1n) is 5.05. The lowest BCUT2D eigenvalue weighted by Gasteiger charge is -2.12. The van der Waals surface area contributed by atoms with Crippen molar-refractivity contribution in [1.82, 2.24) is 0 Å². The van der Waals surface area contributed by atoms with Gasteiger partial charge in [-0.25, -0.2) is 0 Å². The summed E-state index contributed by atoms with van der Waals surface area (Å²) in [6.07, 6.45) is 4.27. The third-order valence-corrected chi connectivity index (χ3v) is 2.94. The van der Waals surface area contributed by atoms with E-state index in [0.29, 0.717) is 0 Å². The van der Waals surface area contributed by atoms with Crippen LogP contribution in [0.25, 0.3) is 16.8 Å². The third-order valence-electron chi connectivity index (χ3n) is 2.94. The summed E-state index contributed by atoms with van der Waals surface area (Å²) >= 11 is 0. The second-order valence-corrected chi connectivity index (χ2v) is 3.91. The molecule has 0 atom stereocenters. The average molecular weight is 192 g/mol. The minimum Gasteiger partial charge on any atom is -0.456 e. The monoisotopic (exact) mass is 192 g/mol. The lowest BCUT2D eigenvalue weighted by atomic mass is 10.0. The molecule has 1 heteroatoms. The summed E-state index contributed by atoms with van der Waals surface area (Å²) in [5, 5.41) is 2.53. The predicted octanol–water partition coefficient (Wildman–Crippen LogP) is 3.51. The van der Waals surface area contributed by atoms with Crippen LogP contribution in [0.1, 0.15) is 5.56 Å². The molecule has 0 radical (unpaired) electrons. The molecule has 1 heterocycles. The zero-order valence-corrected chi connectivity index (χ0v) is 8.03. The molecule has 0 N–H and O–H groups in total. The predicted molar refractivity (Wildman–Crippen MR) is 60.6 cm³/mol. The number of rotatable bonds is 0. The molecule has 0 unspecified atom stereocenters. The molecule has 1 nitrogen and oxygen atoms in total. The second kappa shape index (κ2) is 2.31. The van der Waals surface area contributed by atoms with Crippen LogP contribution in [-0.2, 0) is 0 Å². The lowest BCUT2D eigenvalue weighted by molar-refractivity contribution is 0.456. The highest BCUT2D eigenvalue weighted by atomic mass is 16.5. The van der Waals surface area contributed by atoms with Gasteiger partial charge in [0.05, 0.1) is 0 Å². The van der Waals surface area contributed by atoms with Crippen molar-refractivity contribution in [2.75, 3.05) is 0 Å². The maximum Gasteiger partial charge on any atom is 0.135 e. The van der Waals surface area contributed by atoms with Crippen molar-refractivity contribution < 1.29 is 4.74 Å². The van der Waals surface area contributed by atoms with Gasteiger partial charge in [-0.05, 0) is 29.0 Å². The molecule has 0 fully saturated rings. The van der Waals surface area contributed by atoms with E-state index >= 15 is 0 Å². The summed E-state index contributed by atoms with van der Waals surface area (Å²) in [6.45, 7) is 0. The highest BCUT2D eigenvalue weighted by Crippen LogP contribution is 2.42. The standard InChI is InChI=1S/C14H8O/c1-2-4-11-9(3-1)5-6-13-12(11)7-10-8-14(10)15-13/h1-8H.